The zero-order chi connectivity index (χ0) is 10.5. The molecule has 2 rings (SSSR count). The minimum Gasteiger partial charge on any atom is -0.306 e. The third kappa shape index (κ3) is 2.64. The van der Waals surface area contributed by atoms with Crippen LogP contribution in [0.1, 0.15) is 17.5 Å². The minimum absolute atomic E-state index is 0.853. The van der Waals surface area contributed by atoms with Crippen molar-refractivity contribution in [2.75, 3.05) is 0 Å². The molecule has 15 heavy (non-hydrogen) atoms. The second-order valence-electron chi connectivity index (χ2n) is 3.21. The summed E-state index contributed by atoms with van der Waals surface area (Å²) in [6.07, 6.45) is 3.74. The summed E-state index contributed by atoms with van der Waals surface area (Å²) in [5, 5.41) is 7.59. The van der Waals surface area contributed by atoms with E-state index in [2.05, 4.69) is 22.3 Å². The predicted molar refractivity (Wildman–Crippen MR) is 60.6 cm³/mol. The zero-order valence-electron chi connectivity index (χ0n) is 8.68. The van der Waals surface area contributed by atoms with Crippen molar-refractivity contribution in [2.24, 2.45) is 0 Å². The van der Waals surface area contributed by atoms with E-state index in [-0.39, 0.29) is 0 Å². The van der Waals surface area contributed by atoms with E-state index in [1.54, 1.807) is 11.3 Å². The van der Waals surface area contributed by atoms with Crippen LogP contribution >= 0.6 is 11.3 Å². The molecule has 0 bridgehead atoms. The molecule has 2 aromatic heterocycles. The van der Waals surface area contributed by atoms with Crippen molar-refractivity contribution in [3.8, 4) is 0 Å². The number of aromatic nitrogens is 3. The number of nitrogens with zero attached hydrogens (tertiary/aromatic N) is 3. The molecular formula is C10H14N4S. The van der Waals surface area contributed by atoms with Gasteiger partial charge in [0, 0.05) is 36.9 Å². The summed E-state index contributed by atoms with van der Waals surface area (Å²) in [5.41, 5.74) is 3.08. The van der Waals surface area contributed by atoms with Gasteiger partial charge in [-0.15, -0.1) is 11.3 Å². The molecule has 0 aliphatic rings. The molecule has 0 atom stereocenters. The first kappa shape index (κ1) is 10.3. The fraction of sp³-hybridized carbons (Fsp3) is 0.400. The lowest BCUT2D eigenvalue weighted by Crippen LogP contribution is -2.15. The molecule has 0 fully saturated rings. The van der Waals surface area contributed by atoms with Crippen LogP contribution in [0.5, 0.6) is 0 Å². The van der Waals surface area contributed by atoms with Crippen molar-refractivity contribution in [3.05, 3.63) is 34.5 Å². The maximum atomic E-state index is 4.22. The van der Waals surface area contributed by atoms with Crippen LogP contribution in [0.4, 0.5) is 0 Å². The molecule has 0 unspecified atom stereocenters. The monoisotopic (exact) mass is 222 g/mol. The third-order valence-corrected chi connectivity index (χ3v) is 2.97. The Hall–Kier alpha value is -1.20. The Morgan fingerprint density at radius 1 is 1.47 bits per heavy atom. The average molecular weight is 222 g/mol. The highest BCUT2D eigenvalue weighted by atomic mass is 32.1. The molecule has 0 aliphatic carbocycles. The first-order valence-corrected chi connectivity index (χ1v) is 5.87. The topological polar surface area (TPSA) is 42.7 Å². The van der Waals surface area contributed by atoms with E-state index in [1.807, 2.05) is 28.7 Å². The molecule has 1 N–H and O–H groups in total. The second kappa shape index (κ2) is 5.04. The highest BCUT2D eigenvalue weighted by Crippen LogP contribution is 2.05. The van der Waals surface area contributed by atoms with Crippen molar-refractivity contribution in [3.63, 3.8) is 0 Å². The maximum absolute atomic E-state index is 4.22. The van der Waals surface area contributed by atoms with E-state index in [0.29, 0.717) is 0 Å². The van der Waals surface area contributed by atoms with Crippen molar-refractivity contribution in [2.45, 2.75) is 26.6 Å². The summed E-state index contributed by atoms with van der Waals surface area (Å²) in [7, 11) is 0. The van der Waals surface area contributed by atoms with Crippen molar-refractivity contribution >= 4 is 11.3 Å². The van der Waals surface area contributed by atoms with E-state index in [9.17, 15) is 0 Å². The molecule has 0 saturated carbocycles. The van der Waals surface area contributed by atoms with Gasteiger partial charge in [-0.05, 0) is 13.0 Å². The van der Waals surface area contributed by atoms with Gasteiger partial charge in [-0.1, -0.05) is 0 Å². The Labute approximate surface area is 93.0 Å². The largest absolute Gasteiger partial charge is 0.306 e. The van der Waals surface area contributed by atoms with Gasteiger partial charge in [0.15, 0.2) is 0 Å². The molecule has 0 aliphatic heterocycles. The third-order valence-electron chi connectivity index (χ3n) is 2.19. The van der Waals surface area contributed by atoms with Crippen LogP contribution in [0.15, 0.2) is 24.0 Å². The average Bonchev–Trinajstić information content (AvgIpc) is 2.88. The number of rotatable bonds is 5. The highest BCUT2D eigenvalue weighted by Gasteiger charge is 2.00. The SMILES string of the molecule is CCn1nccc1CNCc1cncs1. The van der Waals surface area contributed by atoms with Gasteiger partial charge in [-0.2, -0.15) is 5.10 Å². The van der Waals surface area contributed by atoms with Gasteiger partial charge in [-0.3, -0.25) is 9.67 Å². The molecule has 2 heterocycles. The van der Waals surface area contributed by atoms with Crippen molar-refractivity contribution < 1.29 is 0 Å². The summed E-state index contributed by atoms with van der Waals surface area (Å²) < 4.78 is 2.00. The van der Waals surface area contributed by atoms with Gasteiger partial charge < -0.3 is 5.32 Å². The summed E-state index contributed by atoms with van der Waals surface area (Å²) in [6.45, 7) is 4.75. The fourth-order valence-corrected chi connectivity index (χ4v) is 2.00. The molecule has 80 valence electrons. The Balaban J connectivity index is 1.83. The molecule has 0 saturated heterocycles. The van der Waals surface area contributed by atoms with Gasteiger partial charge in [0.05, 0.1) is 11.2 Å². The smallest absolute Gasteiger partial charge is 0.0794 e. The van der Waals surface area contributed by atoms with E-state index in [4.69, 9.17) is 0 Å². The van der Waals surface area contributed by atoms with Gasteiger partial charge in [0.2, 0.25) is 0 Å². The Bertz CT molecular complexity index is 393. The van der Waals surface area contributed by atoms with Crippen LogP contribution in [0.3, 0.4) is 0 Å². The van der Waals surface area contributed by atoms with Crippen molar-refractivity contribution in [1.29, 1.82) is 0 Å². The van der Waals surface area contributed by atoms with E-state index < -0.39 is 0 Å². The number of hydrogen-bond donors (Lipinski definition) is 1. The lowest BCUT2D eigenvalue weighted by molar-refractivity contribution is 0.583. The normalized spacial score (nSPS) is 10.7. The summed E-state index contributed by atoms with van der Waals surface area (Å²) in [6, 6.07) is 2.04. The lowest BCUT2D eigenvalue weighted by atomic mass is 10.4. The maximum Gasteiger partial charge on any atom is 0.0794 e. The molecule has 5 heteroatoms. The quantitative estimate of drug-likeness (QED) is 0.836. The molecule has 4 nitrogen and oxygen atoms in total. The number of hydrogen-bond acceptors (Lipinski definition) is 4. The van der Waals surface area contributed by atoms with Crippen LogP contribution < -0.4 is 5.32 Å². The fourth-order valence-electron chi connectivity index (χ4n) is 1.44. The first-order valence-electron chi connectivity index (χ1n) is 4.99. The standard InChI is InChI=1S/C10H14N4S/c1-2-14-9(3-4-13-14)5-11-6-10-7-12-8-15-10/h3-4,7-8,11H,2,5-6H2,1H3. The summed E-state index contributed by atoms with van der Waals surface area (Å²) in [4.78, 5) is 5.29. The summed E-state index contributed by atoms with van der Waals surface area (Å²) >= 11 is 1.67. The van der Waals surface area contributed by atoms with Gasteiger partial charge in [0.1, 0.15) is 0 Å². The lowest BCUT2D eigenvalue weighted by Gasteiger charge is -2.05. The minimum atomic E-state index is 0.853. The number of nitrogens with one attached hydrogen (secondary N) is 1. The van der Waals surface area contributed by atoms with Crippen LogP contribution in [0, 0.1) is 0 Å². The highest BCUT2D eigenvalue weighted by molar-refractivity contribution is 7.09. The van der Waals surface area contributed by atoms with E-state index in [1.165, 1.54) is 10.6 Å². The summed E-state index contributed by atoms with van der Waals surface area (Å²) in [5.74, 6) is 0. The molecule has 2 aromatic rings. The van der Waals surface area contributed by atoms with Gasteiger partial charge in [0.25, 0.3) is 0 Å². The molecule has 0 amide bonds. The molecule has 0 spiro atoms. The van der Waals surface area contributed by atoms with Gasteiger partial charge in [-0.25, -0.2) is 0 Å². The van der Waals surface area contributed by atoms with E-state index >= 15 is 0 Å². The van der Waals surface area contributed by atoms with Crippen molar-refractivity contribution in [1.82, 2.24) is 20.1 Å². The van der Waals surface area contributed by atoms with Gasteiger partial charge >= 0.3 is 0 Å². The zero-order valence-corrected chi connectivity index (χ0v) is 9.50. The first-order chi connectivity index (χ1) is 7.40. The Morgan fingerprint density at radius 3 is 3.13 bits per heavy atom. The number of aryl methyl sites for hydroxylation is 1. The second-order valence-corrected chi connectivity index (χ2v) is 4.18. The Kier molecular flexibility index (Phi) is 3.47. The number of thiazole rings is 1. The van der Waals surface area contributed by atoms with Crippen LogP contribution in [0.2, 0.25) is 0 Å². The van der Waals surface area contributed by atoms with Crippen LogP contribution in [-0.2, 0) is 19.6 Å². The molecule has 0 aromatic carbocycles. The Morgan fingerprint density at radius 2 is 2.40 bits per heavy atom. The van der Waals surface area contributed by atoms with E-state index in [0.717, 1.165) is 19.6 Å². The van der Waals surface area contributed by atoms with Crippen LogP contribution in [0.25, 0.3) is 0 Å². The molecular weight excluding hydrogens is 208 g/mol. The van der Waals surface area contributed by atoms with Crippen LogP contribution in [-0.4, -0.2) is 14.8 Å². The predicted octanol–water partition coefficient (Wildman–Crippen LogP) is 1.65. The molecule has 0 radical (unpaired) electrons.